The lowest BCUT2D eigenvalue weighted by atomic mass is 9.53. The Labute approximate surface area is 101 Å². The standard InChI is InChI=1S/C15H29N/c1-11(2)14-10-16-9-8-15(14)7-5-6-12(3)13(15)4/h11-14,16H,5-10H2,1-4H3. The van der Waals surface area contributed by atoms with Gasteiger partial charge in [0.25, 0.3) is 0 Å². The van der Waals surface area contributed by atoms with Crippen LogP contribution in [0.25, 0.3) is 0 Å². The van der Waals surface area contributed by atoms with Crippen LogP contribution in [0.2, 0.25) is 0 Å². The predicted molar refractivity (Wildman–Crippen MR) is 70.4 cm³/mol. The van der Waals surface area contributed by atoms with E-state index in [9.17, 15) is 0 Å². The first-order valence-corrected chi connectivity index (χ1v) is 7.28. The highest BCUT2D eigenvalue weighted by atomic mass is 14.9. The maximum atomic E-state index is 3.62. The third-order valence-electron chi connectivity index (χ3n) is 5.74. The Morgan fingerprint density at radius 3 is 2.62 bits per heavy atom. The quantitative estimate of drug-likeness (QED) is 0.715. The van der Waals surface area contributed by atoms with Gasteiger partial charge in [-0.2, -0.15) is 0 Å². The average molecular weight is 223 g/mol. The summed E-state index contributed by atoms with van der Waals surface area (Å²) in [6.45, 7) is 12.4. The lowest BCUT2D eigenvalue weighted by molar-refractivity contribution is -0.0414. The van der Waals surface area contributed by atoms with Crippen LogP contribution in [0.15, 0.2) is 0 Å². The van der Waals surface area contributed by atoms with Crippen LogP contribution in [-0.2, 0) is 0 Å². The van der Waals surface area contributed by atoms with Gasteiger partial charge >= 0.3 is 0 Å². The van der Waals surface area contributed by atoms with E-state index >= 15 is 0 Å². The summed E-state index contributed by atoms with van der Waals surface area (Å²) in [4.78, 5) is 0. The fourth-order valence-corrected chi connectivity index (χ4v) is 4.54. The molecule has 4 unspecified atom stereocenters. The molecule has 0 aromatic carbocycles. The largest absolute Gasteiger partial charge is 0.316 e. The molecule has 2 aliphatic rings. The van der Waals surface area contributed by atoms with Gasteiger partial charge in [0, 0.05) is 0 Å². The van der Waals surface area contributed by atoms with Gasteiger partial charge < -0.3 is 5.32 Å². The number of rotatable bonds is 1. The van der Waals surface area contributed by atoms with Gasteiger partial charge in [-0.3, -0.25) is 0 Å². The van der Waals surface area contributed by atoms with Crippen molar-refractivity contribution in [2.75, 3.05) is 13.1 Å². The van der Waals surface area contributed by atoms with Gasteiger partial charge in [0.2, 0.25) is 0 Å². The summed E-state index contributed by atoms with van der Waals surface area (Å²) in [6, 6.07) is 0. The van der Waals surface area contributed by atoms with Crippen LogP contribution in [0.4, 0.5) is 0 Å². The molecule has 1 heteroatoms. The molecule has 4 atom stereocenters. The van der Waals surface area contributed by atoms with E-state index in [-0.39, 0.29) is 0 Å². The highest BCUT2D eigenvalue weighted by molar-refractivity contribution is 4.99. The van der Waals surface area contributed by atoms with Crippen LogP contribution in [-0.4, -0.2) is 13.1 Å². The van der Waals surface area contributed by atoms with Crippen LogP contribution in [0.3, 0.4) is 0 Å². The fourth-order valence-electron chi connectivity index (χ4n) is 4.54. The first-order valence-electron chi connectivity index (χ1n) is 7.28. The third-order valence-corrected chi connectivity index (χ3v) is 5.74. The van der Waals surface area contributed by atoms with E-state index in [0.717, 1.165) is 23.7 Å². The Hall–Kier alpha value is -0.0400. The molecule has 94 valence electrons. The maximum absolute atomic E-state index is 3.62. The van der Waals surface area contributed by atoms with Crippen molar-refractivity contribution in [2.45, 2.75) is 53.4 Å². The van der Waals surface area contributed by atoms with Crippen LogP contribution in [0.1, 0.15) is 53.4 Å². The van der Waals surface area contributed by atoms with E-state index in [2.05, 4.69) is 33.0 Å². The average Bonchev–Trinajstić information content (AvgIpc) is 2.26. The minimum atomic E-state index is 0.664. The van der Waals surface area contributed by atoms with Crippen molar-refractivity contribution in [2.24, 2.45) is 29.1 Å². The van der Waals surface area contributed by atoms with Gasteiger partial charge in [-0.1, -0.05) is 40.5 Å². The summed E-state index contributed by atoms with van der Waals surface area (Å²) < 4.78 is 0. The molecular weight excluding hydrogens is 194 g/mol. The van der Waals surface area contributed by atoms with E-state index in [0.29, 0.717) is 5.41 Å². The second-order valence-corrected chi connectivity index (χ2v) is 6.70. The van der Waals surface area contributed by atoms with Gasteiger partial charge in [0.1, 0.15) is 0 Å². The summed E-state index contributed by atoms with van der Waals surface area (Å²) in [5.74, 6) is 3.60. The Bertz CT molecular complexity index is 232. The molecule has 2 rings (SSSR count). The van der Waals surface area contributed by atoms with E-state index < -0.39 is 0 Å². The van der Waals surface area contributed by atoms with E-state index in [1.165, 1.54) is 38.8 Å². The van der Waals surface area contributed by atoms with Gasteiger partial charge in [-0.25, -0.2) is 0 Å². The molecule has 2 fully saturated rings. The van der Waals surface area contributed by atoms with E-state index in [1.807, 2.05) is 0 Å². The van der Waals surface area contributed by atoms with Crippen molar-refractivity contribution < 1.29 is 0 Å². The zero-order valence-corrected chi connectivity index (χ0v) is 11.6. The second kappa shape index (κ2) is 4.68. The first-order chi connectivity index (χ1) is 7.58. The summed E-state index contributed by atoms with van der Waals surface area (Å²) in [6.07, 6.45) is 5.83. The first kappa shape index (κ1) is 12.4. The number of nitrogens with one attached hydrogen (secondary N) is 1. The van der Waals surface area contributed by atoms with Crippen LogP contribution < -0.4 is 5.32 Å². The lowest BCUT2D eigenvalue weighted by Crippen LogP contribution is -2.53. The van der Waals surface area contributed by atoms with Crippen molar-refractivity contribution in [1.29, 1.82) is 0 Å². The predicted octanol–water partition coefficient (Wildman–Crippen LogP) is 3.69. The lowest BCUT2D eigenvalue weighted by Gasteiger charge is -2.55. The van der Waals surface area contributed by atoms with Gasteiger partial charge in [-0.15, -0.1) is 0 Å². The SMILES string of the molecule is CC(C)C1CNCCC12CCCC(C)C2C. The van der Waals surface area contributed by atoms with Gasteiger partial charge in [0.15, 0.2) is 0 Å². The third kappa shape index (κ3) is 1.92. The Balaban J connectivity index is 2.24. The molecule has 0 radical (unpaired) electrons. The smallest absolute Gasteiger partial charge is 0.00126 e. The van der Waals surface area contributed by atoms with Gasteiger partial charge in [-0.05, 0) is 55.0 Å². The molecule has 1 aliphatic carbocycles. The number of piperidine rings is 1. The molecule has 0 bridgehead atoms. The minimum absolute atomic E-state index is 0.664. The van der Waals surface area contributed by atoms with Crippen molar-refractivity contribution in [3.63, 3.8) is 0 Å². The minimum Gasteiger partial charge on any atom is -0.316 e. The second-order valence-electron chi connectivity index (χ2n) is 6.70. The topological polar surface area (TPSA) is 12.0 Å². The molecule has 1 saturated carbocycles. The van der Waals surface area contributed by atoms with Crippen molar-refractivity contribution in [3.05, 3.63) is 0 Å². The molecule has 1 nitrogen and oxygen atoms in total. The molecule has 1 N–H and O–H groups in total. The number of hydrogen-bond acceptors (Lipinski definition) is 1. The summed E-state index contributed by atoms with van der Waals surface area (Å²) in [5, 5.41) is 3.62. The highest BCUT2D eigenvalue weighted by Gasteiger charge is 2.48. The molecule has 1 heterocycles. The molecule has 0 aromatic heterocycles. The van der Waals surface area contributed by atoms with Crippen LogP contribution in [0, 0.1) is 29.1 Å². The molecule has 0 aromatic rings. The summed E-state index contributed by atoms with van der Waals surface area (Å²) in [5.41, 5.74) is 0.664. The number of hydrogen-bond donors (Lipinski definition) is 1. The molecule has 0 amide bonds. The molecule has 1 spiro atoms. The molecule has 1 saturated heterocycles. The van der Waals surface area contributed by atoms with Crippen molar-refractivity contribution in [1.82, 2.24) is 5.32 Å². The molecular formula is C15H29N. The summed E-state index contributed by atoms with van der Waals surface area (Å²) in [7, 11) is 0. The zero-order chi connectivity index (χ0) is 11.8. The normalized spacial score (nSPS) is 45.2. The zero-order valence-electron chi connectivity index (χ0n) is 11.6. The Kier molecular flexibility index (Phi) is 3.63. The van der Waals surface area contributed by atoms with Crippen LogP contribution >= 0.6 is 0 Å². The van der Waals surface area contributed by atoms with Crippen molar-refractivity contribution in [3.8, 4) is 0 Å². The monoisotopic (exact) mass is 223 g/mol. The van der Waals surface area contributed by atoms with Crippen molar-refractivity contribution >= 4 is 0 Å². The highest BCUT2D eigenvalue weighted by Crippen LogP contribution is 2.54. The van der Waals surface area contributed by atoms with Crippen LogP contribution in [0.5, 0.6) is 0 Å². The maximum Gasteiger partial charge on any atom is -0.00126 e. The molecule has 1 aliphatic heterocycles. The Morgan fingerprint density at radius 2 is 1.94 bits per heavy atom. The Morgan fingerprint density at radius 1 is 1.19 bits per heavy atom. The van der Waals surface area contributed by atoms with E-state index in [1.54, 1.807) is 0 Å². The van der Waals surface area contributed by atoms with E-state index in [4.69, 9.17) is 0 Å². The summed E-state index contributed by atoms with van der Waals surface area (Å²) >= 11 is 0. The van der Waals surface area contributed by atoms with Gasteiger partial charge in [0.05, 0.1) is 0 Å². The fraction of sp³-hybridized carbons (Fsp3) is 1.00. The molecule has 16 heavy (non-hydrogen) atoms.